The highest BCUT2D eigenvalue weighted by Crippen LogP contribution is 2.28. The van der Waals surface area contributed by atoms with Crippen LogP contribution < -0.4 is 4.74 Å². The van der Waals surface area contributed by atoms with Crippen LogP contribution in [0.15, 0.2) is 18.3 Å². The third-order valence-electron chi connectivity index (χ3n) is 2.79. The number of methoxy groups -OCH3 is 1. The van der Waals surface area contributed by atoms with Gasteiger partial charge in [0.15, 0.2) is 0 Å². The minimum atomic E-state index is -0.779. The Balaban J connectivity index is 1.98. The third-order valence-corrected chi connectivity index (χ3v) is 2.79. The molecule has 0 aromatic carbocycles. The largest absolute Gasteiger partial charge is 0.481 e. The zero-order chi connectivity index (χ0) is 12.3. The number of pyridine rings is 1. The quantitative estimate of drug-likeness (QED) is 0.802. The summed E-state index contributed by atoms with van der Waals surface area (Å²) in [7, 11) is 1.57. The van der Waals surface area contributed by atoms with E-state index in [1.165, 1.54) is 0 Å². The smallest absolute Gasteiger partial charge is 0.317 e. The molecule has 0 amide bonds. The number of aliphatic carboxylic acids is 1. The highest BCUT2D eigenvalue weighted by molar-refractivity contribution is 5.69. The zero-order valence-electron chi connectivity index (χ0n) is 9.80. The van der Waals surface area contributed by atoms with Gasteiger partial charge in [-0.05, 0) is 18.4 Å². The monoisotopic (exact) mass is 236 g/mol. The maximum absolute atomic E-state index is 10.8. The van der Waals surface area contributed by atoms with Crippen molar-refractivity contribution in [2.24, 2.45) is 0 Å². The summed E-state index contributed by atoms with van der Waals surface area (Å²) in [4.78, 5) is 16.8. The summed E-state index contributed by atoms with van der Waals surface area (Å²) in [5.74, 6) is -0.205. The lowest BCUT2D eigenvalue weighted by molar-refractivity contribution is -0.138. The topological polar surface area (TPSA) is 62.7 Å². The van der Waals surface area contributed by atoms with Crippen molar-refractivity contribution in [1.82, 2.24) is 9.88 Å². The first-order valence-electron chi connectivity index (χ1n) is 5.64. The summed E-state index contributed by atoms with van der Waals surface area (Å²) in [6.45, 7) is 0.727. The molecule has 92 valence electrons. The molecule has 0 radical (unpaired) electrons. The molecule has 1 aliphatic carbocycles. The maximum atomic E-state index is 10.8. The molecule has 0 bridgehead atoms. The summed E-state index contributed by atoms with van der Waals surface area (Å²) >= 11 is 0. The molecule has 5 heteroatoms. The molecule has 1 fully saturated rings. The minimum Gasteiger partial charge on any atom is -0.481 e. The van der Waals surface area contributed by atoms with E-state index >= 15 is 0 Å². The number of carboxylic acid groups (broad SMARTS) is 1. The first-order valence-corrected chi connectivity index (χ1v) is 5.64. The zero-order valence-corrected chi connectivity index (χ0v) is 9.80. The van der Waals surface area contributed by atoms with Crippen LogP contribution in [0.4, 0.5) is 0 Å². The highest BCUT2D eigenvalue weighted by Gasteiger charge is 2.30. The van der Waals surface area contributed by atoms with Gasteiger partial charge in [0.05, 0.1) is 13.7 Å². The van der Waals surface area contributed by atoms with Gasteiger partial charge in [-0.1, -0.05) is 6.07 Å². The Morgan fingerprint density at radius 3 is 2.82 bits per heavy atom. The predicted molar refractivity (Wildman–Crippen MR) is 61.9 cm³/mol. The van der Waals surface area contributed by atoms with Gasteiger partial charge in [-0.25, -0.2) is 4.98 Å². The Morgan fingerprint density at radius 2 is 2.35 bits per heavy atom. The number of aromatic nitrogens is 1. The Hall–Kier alpha value is -1.62. The van der Waals surface area contributed by atoms with Crippen molar-refractivity contribution in [1.29, 1.82) is 0 Å². The van der Waals surface area contributed by atoms with Gasteiger partial charge >= 0.3 is 5.97 Å². The van der Waals surface area contributed by atoms with Crippen LogP contribution in [0.3, 0.4) is 0 Å². The van der Waals surface area contributed by atoms with Crippen LogP contribution in [0.5, 0.6) is 5.88 Å². The minimum absolute atomic E-state index is 0.0939. The van der Waals surface area contributed by atoms with Crippen LogP contribution in [0, 0.1) is 0 Å². The Kier molecular flexibility index (Phi) is 3.58. The van der Waals surface area contributed by atoms with Crippen LogP contribution >= 0.6 is 0 Å². The molecule has 1 N–H and O–H groups in total. The van der Waals surface area contributed by atoms with E-state index in [4.69, 9.17) is 9.84 Å². The van der Waals surface area contributed by atoms with E-state index in [0.29, 0.717) is 18.5 Å². The van der Waals surface area contributed by atoms with Gasteiger partial charge in [-0.15, -0.1) is 0 Å². The Labute approximate surface area is 100 Å². The van der Waals surface area contributed by atoms with E-state index in [1.807, 2.05) is 11.0 Å². The number of ether oxygens (including phenoxy) is 1. The summed E-state index contributed by atoms with van der Waals surface area (Å²) < 4.78 is 4.98. The molecule has 1 saturated carbocycles. The molecule has 0 saturated heterocycles. The van der Waals surface area contributed by atoms with Gasteiger partial charge in [0, 0.05) is 24.8 Å². The van der Waals surface area contributed by atoms with Gasteiger partial charge in [-0.2, -0.15) is 0 Å². The van der Waals surface area contributed by atoms with Gasteiger partial charge in [-0.3, -0.25) is 9.69 Å². The number of carboxylic acids is 1. The average molecular weight is 236 g/mol. The second-order valence-corrected chi connectivity index (χ2v) is 4.24. The van der Waals surface area contributed by atoms with E-state index in [1.54, 1.807) is 19.4 Å². The van der Waals surface area contributed by atoms with Crippen LogP contribution in [-0.4, -0.2) is 40.7 Å². The van der Waals surface area contributed by atoms with Gasteiger partial charge in [0.25, 0.3) is 0 Å². The van der Waals surface area contributed by atoms with E-state index < -0.39 is 5.97 Å². The number of rotatable bonds is 6. The second kappa shape index (κ2) is 5.14. The fourth-order valence-corrected chi connectivity index (χ4v) is 1.79. The molecular weight excluding hydrogens is 220 g/mol. The van der Waals surface area contributed by atoms with E-state index in [9.17, 15) is 4.79 Å². The lowest BCUT2D eigenvalue weighted by Gasteiger charge is -2.19. The SMILES string of the molecule is COc1ccc(CN(CC(=O)O)C2CC2)cn1. The summed E-state index contributed by atoms with van der Waals surface area (Å²) in [6.07, 6.45) is 3.92. The second-order valence-electron chi connectivity index (χ2n) is 4.24. The van der Waals surface area contributed by atoms with Gasteiger partial charge < -0.3 is 9.84 Å². The third kappa shape index (κ3) is 3.42. The molecule has 1 aliphatic rings. The summed E-state index contributed by atoms with van der Waals surface area (Å²) in [5, 5.41) is 8.84. The van der Waals surface area contributed by atoms with Crippen molar-refractivity contribution in [2.75, 3.05) is 13.7 Å². The predicted octanol–water partition coefficient (Wildman–Crippen LogP) is 1.14. The van der Waals surface area contributed by atoms with Crippen LogP contribution in [-0.2, 0) is 11.3 Å². The van der Waals surface area contributed by atoms with Crippen molar-refractivity contribution >= 4 is 5.97 Å². The number of carbonyl (C=O) groups is 1. The summed E-state index contributed by atoms with van der Waals surface area (Å²) in [5.41, 5.74) is 1.01. The lowest BCUT2D eigenvalue weighted by Crippen LogP contribution is -2.31. The van der Waals surface area contributed by atoms with E-state index in [2.05, 4.69) is 4.98 Å². The molecular formula is C12H16N2O3. The van der Waals surface area contributed by atoms with E-state index in [-0.39, 0.29) is 6.54 Å². The Morgan fingerprint density at radius 1 is 1.59 bits per heavy atom. The molecule has 0 aliphatic heterocycles. The van der Waals surface area contributed by atoms with Crippen molar-refractivity contribution in [3.05, 3.63) is 23.9 Å². The number of nitrogens with zero attached hydrogens (tertiary/aromatic N) is 2. The van der Waals surface area contributed by atoms with Crippen molar-refractivity contribution in [3.8, 4) is 5.88 Å². The fraction of sp³-hybridized carbons (Fsp3) is 0.500. The molecule has 1 heterocycles. The standard InChI is InChI=1S/C12H16N2O3/c1-17-11-5-2-9(6-13-11)7-14(8-12(15)16)10-3-4-10/h2,5-6,10H,3-4,7-8H2,1H3,(H,15,16). The lowest BCUT2D eigenvalue weighted by atomic mass is 10.2. The molecule has 0 atom stereocenters. The fourth-order valence-electron chi connectivity index (χ4n) is 1.79. The maximum Gasteiger partial charge on any atom is 0.317 e. The molecule has 0 spiro atoms. The molecule has 0 unspecified atom stereocenters. The first-order chi connectivity index (χ1) is 8.19. The summed E-state index contributed by atoms with van der Waals surface area (Å²) in [6, 6.07) is 4.14. The van der Waals surface area contributed by atoms with Gasteiger partial charge in [0.2, 0.25) is 5.88 Å². The normalized spacial score (nSPS) is 14.9. The number of hydrogen-bond donors (Lipinski definition) is 1. The van der Waals surface area contributed by atoms with Crippen LogP contribution in [0.1, 0.15) is 18.4 Å². The molecule has 17 heavy (non-hydrogen) atoms. The van der Waals surface area contributed by atoms with Gasteiger partial charge in [0.1, 0.15) is 0 Å². The first kappa shape index (κ1) is 11.9. The van der Waals surface area contributed by atoms with Crippen molar-refractivity contribution in [2.45, 2.75) is 25.4 Å². The molecule has 1 aromatic rings. The van der Waals surface area contributed by atoms with Crippen molar-refractivity contribution < 1.29 is 14.6 Å². The molecule has 2 rings (SSSR count). The molecule has 5 nitrogen and oxygen atoms in total. The Bertz CT molecular complexity index is 387. The van der Waals surface area contributed by atoms with E-state index in [0.717, 1.165) is 18.4 Å². The highest BCUT2D eigenvalue weighted by atomic mass is 16.5. The average Bonchev–Trinajstić information content (AvgIpc) is 3.12. The van der Waals surface area contributed by atoms with Crippen LogP contribution in [0.2, 0.25) is 0 Å². The van der Waals surface area contributed by atoms with Crippen molar-refractivity contribution in [3.63, 3.8) is 0 Å². The number of hydrogen-bond acceptors (Lipinski definition) is 4. The van der Waals surface area contributed by atoms with Crippen LogP contribution in [0.25, 0.3) is 0 Å². The molecule has 1 aromatic heterocycles.